The first kappa shape index (κ1) is 27.3. The Bertz CT molecular complexity index is 1150. The van der Waals surface area contributed by atoms with Gasteiger partial charge in [0, 0.05) is 11.6 Å². The van der Waals surface area contributed by atoms with E-state index in [1.54, 1.807) is 36.4 Å². The summed E-state index contributed by atoms with van der Waals surface area (Å²) in [6.07, 6.45) is 10.4. The molecule has 37 heavy (non-hydrogen) atoms. The molecule has 0 saturated heterocycles. The van der Waals surface area contributed by atoms with Gasteiger partial charge in [-0.2, -0.15) is 0 Å². The van der Waals surface area contributed by atoms with Crippen molar-refractivity contribution in [2.45, 2.75) is 90.6 Å². The molecular weight excluding hydrogens is 469 g/mol. The number of ether oxygens (including phenoxy) is 1. The first-order valence-electron chi connectivity index (χ1n) is 14.0. The van der Waals surface area contributed by atoms with Crippen LogP contribution in [0.5, 0.6) is 5.75 Å². The third-order valence-corrected chi connectivity index (χ3v) is 7.84. The van der Waals surface area contributed by atoms with Crippen molar-refractivity contribution >= 4 is 0 Å². The zero-order chi connectivity index (χ0) is 26.2. The van der Waals surface area contributed by atoms with E-state index in [0.29, 0.717) is 16.9 Å². The lowest BCUT2D eigenvalue weighted by atomic mass is 9.77. The Morgan fingerprint density at radius 1 is 0.784 bits per heavy atom. The summed E-state index contributed by atoms with van der Waals surface area (Å²) >= 11 is 0. The molecule has 0 aliphatic heterocycles. The molecule has 1 nitrogen and oxygen atoms in total. The number of hydrogen-bond donors (Lipinski definition) is 0. The largest absolute Gasteiger partial charge is 0.489 e. The first-order valence-corrected chi connectivity index (χ1v) is 14.0. The highest BCUT2D eigenvalue weighted by atomic mass is 19.2. The number of halogens is 3. The SMILES string of the molecule is CCCCCc1ccc(OCc2ccc(-c3ccc(C4CCC(CCC)CC4)c(F)c3F)cc2)cc1F. The van der Waals surface area contributed by atoms with Crippen molar-refractivity contribution in [3.63, 3.8) is 0 Å². The Labute approximate surface area is 220 Å². The first-order chi connectivity index (χ1) is 18.0. The Morgan fingerprint density at radius 3 is 2.22 bits per heavy atom. The second-order valence-electron chi connectivity index (χ2n) is 10.5. The molecule has 3 aromatic carbocycles. The molecule has 0 heterocycles. The van der Waals surface area contributed by atoms with E-state index in [-0.39, 0.29) is 23.9 Å². The van der Waals surface area contributed by atoms with E-state index < -0.39 is 11.6 Å². The normalized spacial score (nSPS) is 17.6. The van der Waals surface area contributed by atoms with Crippen LogP contribution in [0, 0.1) is 23.4 Å². The molecule has 4 heteroatoms. The minimum absolute atomic E-state index is 0.103. The second-order valence-corrected chi connectivity index (χ2v) is 10.5. The molecule has 0 N–H and O–H groups in total. The Hall–Kier alpha value is -2.75. The third-order valence-electron chi connectivity index (χ3n) is 7.84. The minimum Gasteiger partial charge on any atom is -0.489 e. The van der Waals surface area contributed by atoms with Crippen LogP contribution in [0.25, 0.3) is 11.1 Å². The predicted molar refractivity (Wildman–Crippen MR) is 145 cm³/mol. The highest BCUT2D eigenvalue weighted by Gasteiger charge is 2.26. The molecule has 198 valence electrons. The molecule has 3 aromatic rings. The maximum absolute atomic E-state index is 15.1. The van der Waals surface area contributed by atoms with E-state index >= 15 is 8.78 Å². The summed E-state index contributed by atoms with van der Waals surface area (Å²) in [5.41, 5.74) is 3.01. The standard InChI is InChI=1S/C33H39F3O/c1-3-5-6-8-27-17-18-28(21-31(27)34)37-22-24-11-15-26(16-12-24)30-20-19-29(32(35)33(30)36)25-13-9-23(7-4-2)10-14-25/h11-12,15-21,23,25H,3-10,13-14,22H2,1-2H3. The van der Waals surface area contributed by atoms with E-state index in [9.17, 15) is 4.39 Å². The van der Waals surface area contributed by atoms with Crippen LogP contribution in [0.3, 0.4) is 0 Å². The lowest BCUT2D eigenvalue weighted by molar-refractivity contribution is 0.303. The fraction of sp³-hybridized carbons (Fsp3) is 0.455. The van der Waals surface area contributed by atoms with Crippen molar-refractivity contribution in [1.29, 1.82) is 0 Å². The van der Waals surface area contributed by atoms with Crippen LogP contribution in [0.4, 0.5) is 13.2 Å². The van der Waals surface area contributed by atoms with Gasteiger partial charge >= 0.3 is 0 Å². The van der Waals surface area contributed by atoms with Crippen molar-refractivity contribution in [2.24, 2.45) is 5.92 Å². The van der Waals surface area contributed by atoms with Crippen LogP contribution >= 0.6 is 0 Å². The smallest absolute Gasteiger partial charge is 0.166 e. The second kappa shape index (κ2) is 13.2. The summed E-state index contributed by atoms with van der Waals surface area (Å²) in [6.45, 7) is 4.60. The molecule has 1 saturated carbocycles. The average Bonchev–Trinajstić information content (AvgIpc) is 2.91. The maximum Gasteiger partial charge on any atom is 0.166 e. The van der Waals surface area contributed by atoms with Crippen LogP contribution in [0.1, 0.15) is 94.2 Å². The fourth-order valence-electron chi connectivity index (χ4n) is 5.61. The molecule has 1 aliphatic rings. The summed E-state index contributed by atoms with van der Waals surface area (Å²) in [5, 5.41) is 0. The molecule has 1 aliphatic carbocycles. The van der Waals surface area contributed by atoms with Gasteiger partial charge in [0.1, 0.15) is 18.2 Å². The van der Waals surface area contributed by atoms with Crippen molar-refractivity contribution < 1.29 is 17.9 Å². The average molecular weight is 509 g/mol. The number of rotatable bonds is 11. The molecular formula is C33H39F3O. The number of benzene rings is 3. The van der Waals surface area contributed by atoms with Gasteiger partial charge in [-0.15, -0.1) is 0 Å². The molecule has 0 spiro atoms. The lowest BCUT2D eigenvalue weighted by Crippen LogP contribution is -2.15. The number of unbranched alkanes of at least 4 members (excludes halogenated alkanes) is 2. The highest BCUT2D eigenvalue weighted by molar-refractivity contribution is 5.65. The number of aryl methyl sites for hydroxylation is 1. The van der Waals surface area contributed by atoms with Crippen molar-refractivity contribution in [1.82, 2.24) is 0 Å². The van der Waals surface area contributed by atoms with Gasteiger partial charge in [0.05, 0.1) is 0 Å². The van der Waals surface area contributed by atoms with Gasteiger partial charge < -0.3 is 4.74 Å². The monoisotopic (exact) mass is 508 g/mol. The molecule has 0 unspecified atom stereocenters. The summed E-state index contributed by atoms with van der Waals surface area (Å²) in [5.74, 6) is -0.404. The van der Waals surface area contributed by atoms with Gasteiger partial charge in [0.2, 0.25) is 0 Å². The molecule has 4 rings (SSSR count). The summed E-state index contributed by atoms with van der Waals surface area (Å²) in [7, 11) is 0. The maximum atomic E-state index is 15.1. The molecule has 1 fully saturated rings. The topological polar surface area (TPSA) is 9.23 Å². The van der Waals surface area contributed by atoms with Crippen LogP contribution in [-0.4, -0.2) is 0 Å². The quantitative estimate of drug-likeness (QED) is 0.234. The third kappa shape index (κ3) is 6.97. The summed E-state index contributed by atoms with van der Waals surface area (Å²) in [4.78, 5) is 0. The predicted octanol–water partition coefficient (Wildman–Crippen LogP) is 10.2. The Balaban J connectivity index is 1.37. The van der Waals surface area contributed by atoms with Gasteiger partial charge in [0.25, 0.3) is 0 Å². The summed E-state index contributed by atoms with van der Waals surface area (Å²) in [6, 6.07) is 15.8. The van der Waals surface area contributed by atoms with E-state index in [2.05, 4.69) is 13.8 Å². The minimum atomic E-state index is -0.772. The van der Waals surface area contributed by atoms with Gasteiger partial charge in [-0.25, -0.2) is 13.2 Å². The van der Waals surface area contributed by atoms with Gasteiger partial charge in [-0.05, 0) is 78.7 Å². The molecule has 0 radical (unpaired) electrons. The van der Waals surface area contributed by atoms with Gasteiger partial charge in [-0.1, -0.05) is 82.0 Å². The van der Waals surface area contributed by atoms with Crippen LogP contribution in [0.15, 0.2) is 54.6 Å². The van der Waals surface area contributed by atoms with E-state index in [4.69, 9.17) is 4.74 Å². The van der Waals surface area contributed by atoms with Crippen LogP contribution < -0.4 is 4.74 Å². The van der Waals surface area contributed by atoms with E-state index in [1.807, 2.05) is 12.1 Å². The van der Waals surface area contributed by atoms with Crippen molar-refractivity contribution in [2.75, 3.05) is 0 Å². The zero-order valence-corrected chi connectivity index (χ0v) is 22.2. The highest BCUT2D eigenvalue weighted by Crippen LogP contribution is 2.40. The Kier molecular flexibility index (Phi) is 9.71. The number of hydrogen-bond acceptors (Lipinski definition) is 1. The van der Waals surface area contributed by atoms with Crippen LogP contribution in [0.2, 0.25) is 0 Å². The van der Waals surface area contributed by atoms with Crippen LogP contribution in [-0.2, 0) is 13.0 Å². The van der Waals surface area contributed by atoms with Gasteiger partial charge in [0.15, 0.2) is 11.6 Å². The summed E-state index contributed by atoms with van der Waals surface area (Å²) < 4.78 is 50.3. The van der Waals surface area contributed by atoms with E-state index in [0.717, 1.165) is 68.4 Å². The van der Waals surface area contributed by atoms with Crippen molar-refractivity contribution in [3.05, 3.63) is 88.7 Å². The zero-order valence-electron chi connectivity index (χ0n) is 22.2. The molecule has 0 aromatic heterocycles. The van der Waals surface area contributed by atoms with E-state index in [1.165, 1.54) is 18.9 Å². The van der Waals surface area contributed by atoms with Crippen molar-refractivity contribution in [3.8, 4) is 16.9 Å². The molecule has 0 atom stereocenters. The van der Waals surface area contributed by atoms with Gasteiger partial charge in [-0.3, -0.25) is 0 Å². The molecule has 0 bridgehead atoms. The molecule has 0 amide bonds. The Morgan fingerprint density at radius 2 is 1.54 bits per heavy atom. The lowest BCUT2D eigenvalue weighted by Gasteiger charge is -2.29. The fourth-order valence-corrected chi connectivity index (χ4v) is 5.61.